The molecule has 1 atom stereocenters. The summed E-state index contributed by atoms with van der Waals surface area (Å²) in [5.41, 5.74) is 2.09. The van der Waals surface area contributed by atoms with E-state index in [9.17, 15) is 8.42 Å². The molecule has 2 fully saturated rings. The van der Waals surface area contributed by atoms with E-state index in [1.54, 1.807) is 12.4 Å². The van der Waals surface area contributed by atoms with Crippen LogP contribution in [-0.4, -0.2) is 70.5 Å². The Labute approximate surface area is 176 Å². The van der Waals surface area contributed by atoms with Crippen molar-refractivity contribution in [2.75, 3.05) is 42.6 Å². The van der Waals surface area contributed by atoms with E-state index < -0.39 is 9.84 Å². The molecule has 2 aliphatic heterocycles. The van der Waals surface area contributed by atoms with E-state index in [2.05, 4.69) is 30.4 Å². The highest BCUT2D eigenvalue weighted by molar-refractivity contribution is 7.91. The Morgan fingerprint density at radius 2 is 1.77 bits per heavy atom. The van der Waals surface area contributed by atoms with E-state index >= 15 is 0 Å². The quantitative estimate of drug-likeness (QED) is 0.612. The lowest BCUT2D eigenvalue weighted by molar-refractivity contribution is 0.205. The number of rotatable bonds is 5. The van der Waals surface area contributed by atoms with E-state index in [0.717, 1.165) is 62.1 Å². The predicted octanol–water partition coefficient (Wildman–Crippen LogP) is 1.58. The number of aromatic nitrogens is 4. The minimum atomic E-state index is -2.88. The molecule has 9 heteroatoms. The lowest BCUT2D eigenvalue weighted by atomic mass is 10.1. The average molecular weight is 427 g/mol. The number of anilines is 1. The number of sulfone groups is 1. The Morgan fingerprint density at radius 3 is 2.50 bits per heavy atom. The van der Waals surface area contributed by atoms with Gasteiger partial charge in [-0.25, -0.2) is 23.4 Å². The zero-order valence-corrected chi connectivity index (χ0v) is 17.7. The number of para-hydroxylation sites is 2. The van der Waals surface area contributed by atoms with Crippen LogP contribution in [0.15, 0.2) is 42.7 Å². The summed E-state index contributed by atoms with van der Waals surface area (Å²) in [5.74, 6) is 2.53. The van der Waals surface area contributed by atoms with E-state index in [-0.39, 0.29) is 11.7 Å². The van der Waals surface area contributed by atoms with Gasteiger partial charge in [0.25, 0.3) is 0 Å². The fourth-order valence-electron chi connectivity index (χ4n) is 4.47. The van der Waals surface area contributed by atoms with Crippen molar-refractivity contribution in [3.05, 3.63) is 48.5 Å². The lowest BCUT2D eigenvalue weighted by Gasteiger charge is -2.35. The molecule has 0 saturated carbocycles. The summed E-state index contributed by atoms with van der Waals surface area (Å²) in [6.45, 7) is 4.36. The first-order chi connectivity index (χ1) is 14.6. The molecule has 0 unspecified atom stereocenters. The van der Waals surface area contributed by atoms with Crippen LogP contribution in [-0.2, 0) is 22.9 Å². The molecule has 30 heavy (non-hydrogen) atoms. The van der Waals surface area contributed by atoms with Crippen molar-refractivity contribution in [1.82, 2.24) is 24.4 Å². The Morgan fingerprint density at radius 1 is 1.00 bits per heavy atom. The Kier molecular flexibility index (Phi) is 5.16. The summed E-state index contributed by atoms with van der Waals surface area (Å²) in [7, 11) is -2.88. The van der Waals surface area contributed by atoms with Crippen LogP contribution >= 0.6 is 0 Å². The van der Waals surface area contributed by atoms with Gasteiger partial charge in [-0.05, 0) is 30.5 Å². The molecule has 3 aromatic rings. The Bertz CT molecular complexity index is 1120. The second-order valence-electron chi connectivity index (χ2n) is 8.21. The van der Waals surface area contributed by atoms with Gasteiger partial charge in [-0.1, -0.05) is 12.1 Å². The number of fused-ring (bicyclic) bond motifs is 1. The van der Waals surface area contributed by atoms with E-state index in [4.69, 9.17) is 4.98 Å². The summed E-state index contributed by atoms with van der Waals surface area (Å²) in [6.07, 6.45) is 5.01. The maximum absolute atomic E-state index is 11.9. The van der Waals surface area contributed by atoms with Crippen molar-refractivity contribution in [3.63, 3.8) is 0 Å². The number of nitrogens with zero attached hydrogens (tertiary/aromatic N) is 6. The first-order valence-electron chi connectivity index (χ1n) is 10.5. The van der Waals surface area contributed by atoms with Crippen LogP contribution in [0.2, 0.25) is 0 Å². The fraction of sp³-hybridized carbons (Fsp3) is 0.476. The number of hydrogen-bond acceptors (Lipinski definition) is 7. The zero-order valence-electron chi connectivity index (χ0n) is 16.9. The van der Waals surface area contributed by atoms with Gasteiger partial charge in [0, 0.05) is 45.0 Å². The number of benzene rings is 1. The Balaban J connectivity index is 1.33. The van der Waals surface area contributed by atoms with E-state index in [0.29, 0.717) is 12.2 Å². The van der Waals surface area contributed by atoms with Gasteiger partial charge in [0.05, 0.1) is 29.2 Å². The minimum absolute atomic E-state index is 0.164. The topological polar surface area (TPSA) is 84.2 Å². The molecule has 0 spiro atoms. The molecular weight excluding hydrogens is 400 g/mol. The summed E-state index contributed by atoms with van der Waals surface area (Å²) in [6, 6.07) is 10.0. The van der Waals surface area contributed by atoms with Gasteiger partial charge in [-0.2, -0.15) is 0 Å². The normalized spacial score (nSPS) is 22.0. The first kappa shape index (κ1) is 19.4. The average Bonchev–Trinajstić information content (AvgIpc) is 3.28. The highest BCUT2D eigenvalue weighted by Crippen LogP contribution is 2.25. The third-order valence-electron chi connectivity index (χ3n) is 6.08. The third-order valence-corrected chi connectivity index (χ3v) is 7.92. The molecule has 0 amide bonds. The van der Waals surface area contributed by atoms with Crippen LogP contribution in [0.25, 0.3) is 11.0 Å². The van der Waals surface area contributed by atoms with Crippen LogP contribution in [0.5, 0.6) is 0 Å². The molecule has 0 radical (unpaired) electrons. The molecular formula is C21H26N6O2S. The molecule has 0 aliphatic carbocycles. The van der Waals surface area contributed by atoms with Crippen molar-refractivity contribution in [3.8, 4) is 0 Å². The Hall–Kier alpha value is -2.52. The van der Waals surface area contributed by atoms with Crippen LogP contribution in [0.4, 0.5) is 5.95 Å². The second-order valence-corrected chi connectivity index (χ2v) is 10.4. The van der Waals surface area contributed by atoms with Gasteiger partial charge >= 0.3 is 0 Å². The van der Waals surface area contributed by atoms with Crippen LogP contribution in [0.3, 0.4) is 0 Å². The molecule has 4 heterocycles. The minimum Gasteiger partial charge on any atom is -0.338 e. The van der Waals surface area contributed by atoms with Gasteiger partial charge < -0.3 is 9.47 Å². The number of imidazole rings is 1. The van der Waals surface area contributed by atoms with Crippen molar-refractivity contribution >= 4 is 26.8 Å². The summed E-state index contributed by atoms with van der Waals surface area (Å²) in [5, 5.41) is 0. The third kappa shape index (κ3) is 4.04. The predicted molar refractivity (Wildman–Crippen MR) is 116 cm³/mol. The molecule has 0 N–H and O–H groups in total. The van der Waals surface area contributed by atoms with Gasteiger partial charge in [0.1, 0.15) is 5.82 Å². The molecule has 158 valence electrons. The highest BCUT2D eigenvalue weighted by Gasteiger charge is 2.30. The summed E-state index contributed by atoms with van der Waals surface area (Å²) in [4.78, 5) is 18.2. The van der Waals surface area contributed by atoms with Crippen molar-refractivity contribution in [2.24, 2.45) is 5.92 Å². The van der Waals surface area contributed by atoms with Gasteiger partial charge in [-0.15, -0.1) is 0 Å². The standard InChI is InChI=1S/C21H26N6O2S/c28-30(29)13-6-17(15-30)14-20-24-18-4-1-2-5-19(18)27(20)16-25-9-11-26(12-10-25)21-22-7-3-8-23-21/h1-5,7-8,17H,6,9-16H2/t17-/m1/s1. The van der Waals surface area contributed by atoms with Crippen LogP contribution < -0.4 is 4.90 Å². The number of hydrogen-bond donors (Lipinski definition) is 0. The van der Waals surface area contributed by atoms with Gasteiger partial charge in [0.15, 0.2) is 9.84 Å². The molecule has 5 rings (SSSR count). The van der Waals surface area contributed by atoms with Gasteiger partial charge in [-0.3, -0.25) is 4.90 Å². The van der Waals surface area contributed by atoms with Crippen LogP contribution in [0.1, 0.15) is 12.2 Å². The van der Waals surface area contributed by atoms with Crippen molar-refractivity contribution < 1.29 is 8.42 Å². The summed E-state index contributed by atoms with van der Waals surface area (Å²) < 4.78 is 26.1. The molecule has 0 bridgehead atoms. The fourth-order valence-corrected chi connectivity index (χ4v) is 6.34. The van der Waals surface area contributed by atoms with Crippen LogP contribution in [0, 0.1) is 5.92 Å². The molecule has 8 nitrogen and oxygen atoms in total. The largest absolute Gasteiger partial charge is 0.338 e. The molecule has 2 aliphatic rings. The van der Waals surface area contributed by atoms with Gasteiger partial charge in [0.2, 0.25) is 5.95 Å². The SMILES string of the molecule is O=S1(=O)CC[C@H](Cc2nc3ccccc3n2CN2CCN(c3ncccn3)CC2)C1. The maximum Gasteiger partial charge on any atom is 0.225 e. The molecule has 2 saturated heterocycles. The zero-order chi connectivity index (χ0) is 20.6. The summed E-state index contributed by atoms with van der Waals surface area (Å²) >= 11 is 0. The second kappa shape index (κ2) is 7.96. The van der Waals surface area contributed by atoms with E-state index in [1.165, 1.54) is 0 Å². The van der Waals surface area contributed by atoms with E-state index in [1.807, 2.05) is 24.3 Å². The first-order valence-corrected chi connectivity index (χ1v) is 12.3. The molecule has 2 aromatic heterocycles. The highest BCUT2D eigenvalue weighted by atomic mass is 32.2. The molecule has 1 aromatic carbocycles. The van der Waals surface area contributed by atoms with Crippen molar-refractivity contribution in [1.29, 1.82) is 0 Å². The lowest BCUT2D eigenvalue weighted by Crippen LogP contribution is -2.47. The smallest absolute Gasteiger partial charge is 0.225 e. The maximum atomic E-state index is 11.9. The van der Waals surface area contributed by atoms with Crippen molar-refractivity contribution in [2.45, 2.75) is 19.5 Å². The number of piperazine rings is 1. The monoisotopic (exact) mass is 426 g/mol.